The Bertz CT molecular complexity index is 475. The van der Waals surface area contributed by atoms with Crippen LogP contribution in [0.1, 0.15) is 56.0 Å². The van der Waals surface area contributed by atoms with Crippen molar-refractivity contribution in [3.8, 4) is 0 Å². The average Bonchev–Trinajstić information content (AvgIpc) is 2.93. The number of nitrogens with zero attached hydrogens (tertiary/aromatic N) is 1. The fourth-order valence-electron chi connectivity index (χ4n) is 2.44. The van der Waals surface area contributed by atoms with Crippen molar-refractivity contribution in [3.05, 3.63) is 53.4 Å². The first-order valence-electron chi connectivity index (χ1n) is 7.87. The molecule has 2 rings (SSSR count). The van der Waals surface area contributed by atoms with Gasteiger partial charge in [-0.05, 0) is 31.2 Å². The average molecular weight is 271 g/mol. The molecule has 1 aromatic carbocycles. The van der Waals surface area contributed by atoms with E-state index < -0.39 is 0 Å². The molecule has 108 valence electrons. The monoisotopic (exact) mass is 271 g/mol. The summed E-state index contributed by atoms with van der Waals surface area (Å²) in [4.78, 5) is 0. The Labute approximate surface area is 122 Å². The first kappa shape index (κ1) is 14.8. The lowest BCUT2D eigenvalue weighted by atomic mass is 10.1. The largest absolute Gasteiger partial charge is 0.361 e. The fraction of sp³-hybridized carbons (Fsp3) is 0.500. The molecule has 0 aliphatic rings. The van der Waals surface area contributed by atoms with Crippen molar-refractivity contribution in [2.24, 2.45) is 0 Å². The Hall–Kier alpha value is -1.57. The summed E-state index contributed by atoms with van der Waals surface area (Å²) >= 11 is 0. The summed E-state index contributed by atoms with van der Waals surface area (Å²) in [5.74, 6) is 1.05. The number of rotatable bonds is 9. The van der Waals surface area contributed by atoms with Crippen molar-refractivity contribution < 1.29 is 4.52 Å². The molecule has 20 heavy (non-hydrogen) atoms. The highest BCUT2D eigenvalue weighted by Crippen LogP contribution is 2.12. The van der Waals surface area contributed by atoms with Gasteiger partial charge < -0.3 is 4.52 Å². The Morgan fingerprint density at radius 3 is 2.55 bits per heavy atom. The summed E-state index contributed by atoms with van der Waals surface area (Å²) in [6, 6.07) is 12.8. The van der Waals surface area contributed by atoms with Crippen LogP contribution >= 0.6 is 0 Å². The second kappa shape index (κ2) is 8.57. The van der Waals surface area contributed by atoms with Crippen LogP contribution in [0.3, 0.4) is 0 Å². The van der Waals surface area contributed by atoms with Crippen molar-refractivity contribution in [2.75, 3.05) is 0 Å². The molecule has 0 spiro atoms. The predicted molar refractivity (Wildman–Crippen MR) is 82.8 cm³/mol. The molecule has 0 radical (unpaired) electrons. The number of hydrogen-bond donors (Lipinski definition) is 0. The molecule has 1 aromatic heterocycles. The smallest absolute Gasteiger partial charge is 0.137 e. The quantitative estimate of drug-likeness (QED) is 0.602. The molecule has 0 aliphatic heterocycles. The van der Waals surface area contributed by atoms with Gasteiger partial charge in [-0.1, -0.05) is 61.7 Å². The van der Waals surface area contributed by atoms with Gasteiger partial charge in [0.15, 0.2) is 0 Å². The lowest BCUT2D eigenvalue weighted by molar-refractivity contribution is 0.372. The summed E-state index contributed by atoms with van der Waals surface area (Å²) < 4.78 is 5.40. The number of unbranched alkanes of at least 4 members (excludes halogenated alkanes) is 3. The molecular formula is C18H25NO. The Balaban J connectivity index is 1.67. The van der Waals surface area contributed by atoms with E-state index in [2.05, 4.69) is 48.5 Å². The molecule has 0 unspecified atom stereocenters. The number of hydrogen-bond acceptors (Lipinski definition) is 2. The fourth-order valence-corrected chi connectivity index (χ4v) is 2.44. The van der Waals surface area contributed by atoms with E-state index in [0.717, 1.165) is 37.1 Å². The zero-order valence-corrected chi connectivity index (χ0v) is 12.5. The molecule has 2 nitrogen and oxygen atoms in total. The van der Waals surface area contributed by atoms with Crippen LogP contribution in [0, 0.1) is 0 Å². The molecule has 0 atom stereocenters. The highest BCUT2D eigenvalue weighted by molar-refractivity contribution is 5.15. The normalized spacial score (nSPS) is 10.8. The minimum Gasteiger partial charge on any atom is -0.361 e. The van der Waals surface area contributed by atoms with Gasteiger partial charge in [-0.15, -0.1) is 0 Å². The van der Waals surface area contributed by atoms with Crippen molar-refractivity contribution >= 4 is 0 Å². The highest BCUT2D eigenvalue weighted by Gasteiger charge is 2.04. The maximum atomic E-state index is 5.40. The van der Waals surface area contributed by atoms with Gasteiger partial charge in [0.2, 0.25) is 0 Å². The molecule has 1 heterocycles. The predicted octanol–water partition coefficient (Wildman–Crippen LogP) is 4.97. The van der Waals surface area contributed by atoms with Crippen LogP contribution in [-0.2, 0) is 19.3 Å². The van der Waals surface area contributed by atoms with Gasteiger partial charge >= 0.3 is 0 Å². The van der Waals surface area contributed by atoms with Crippen molar-refractivity contribution in [2.45, 2.75) is 58.3 Å². The van der Waals surface area contributed by atoms with Gasteiger partial charge in [0.05, 0.1) is 5.69 Å². The van der Waals surface area contributed by atoms with Crippen LogP contribution in [0.5, 0.6) is 0 Å². The third-order valence-corrected chi connectivity index (χ3v) is 3.63. The van der Waals surface area contributed by atoms with Gasteiger partial charge in [0, 0.05) is 12.5 Å². The van der Waals surface area contributed by atoms with Gasteiger partial charge in [0.25, 0.3) is 0 Å². The van der Waals surface area contributed by atoms with Crippen molar-refractivity contribution in [1.82, 2.24) is 5.16 Å². The maximum absolute atomic E-state index is 5.40. The lowest BCUT2D eigenvalue weighted by Gasteiger charge is -1.98. The van der Waals surface area contributed by atoms with E-state index in [9.17, 15) is 0 Å². The van der Waals surface area contributed by atoms with Crippen LogP contribution in [0.25, 0.3) is 0 Å². The Morgan fingerprint density at radius 2 is 1.75 bits per heavy atom. The van der Waals surface area contributed by atoms with Crippen LogP contribution in [0.2, 0.25) is 0 Å². The third-order valence-electron chi connectivity index (χ3n) is 3.63. The minimum absolute atomic E-state index is 1.01. The Kier molecular flexibility index (Phi) is 6.36. The van der Waals surface area contributed by atoms with Crippen LogP contribution in [0.4, 0.5) is 0 Å². The first-order chi connectivity index (χ1) is 9.88. The van der Waals surface area contributed by atoms with E-state index in [0.29, 0.717) is 0 Å². The van der Waals surface area contributed by atoms with E-state index >= 15 is 0 Å². The maximum Gasteiger partial charge on any atom is 0.137 e. The summed E-state index contributed by atoms with van der Waals surface area (Å²) in [7, 11) is 0. The van der Waals surface area contributed by atoms with E-state index in [1.165, 1.54) is 31.2 Å². The van der Waals surface area contributed by atoms with Gasteiger partial charge in [-0.2, -0.15) is 0 Å². The van der Waals surface area contributed by atoms with Crippen molar-refractivity contribution in [1.29, 1.82) is 0 Å². The molecule has 0 saturated carbocycles. The first-order valence-corrected chi connectivity index (χ1v) is 7.87. The molecule has 0 aliphatic carbocycles. The summed E-state index contributed by atoms with van der Waals surface area (Å²) in [6.07, 6.45) is 9.39. The standard InChI is InChI=1S/C18H25NO/c1-2-3-4-8-14-18-15-17(19-20-18)13-9-12-16-10-6-5-7-11-16/h5-7,10-11,15H,2-4,8-9,12-14H2,1H3. The van der Waals surface area contributed by atoms with Crippen LogP contribution in [-0.4, -0.2) is 5.16 Å². The molecule has 0 amide bonds. The Morgan fingerprint density at radius 1 is 0.900 bits per heavy atom. The second-order valence-electron chi connectivity index (χ2n) is 5.43. The summed E-state index contributed by atoms with van der Waals surface area (Å²) in [5.41, 5.74) is 2.50. The van der Waals surface area contributed by atoms with Crippen LogP contribution in [0.15, 0.2) is 40.9 Å². The molecule has 0 N–H and O–H groups in total. The SMILES string of the molecule is CCCCCCc1cc(CCCc2ccccc2)no1. The van der Waals surface area contributed by atoms with Gasteiger partial charge in [-0.3, -0.25) is 0 Å². The molecule has 0 saturated heterocycles. The number of aryl methyl sites for hydroxylation is 3. The number of aromatic nitrogens is 1. The second-order valence-corrected chi connectivity index (χ2v) is 5.43. The topological polar surface area (TPSA) is 26.0 Å². The molecule has 0 fully saturated rings. The van der Waals surface area contributed by atoms with E-state index in [1.54, 1.807) is 0 Å². The summed E-state index contributed by atoms with van der Waals surface area (Å²) in [5, 5.41) is 4.17. The molecule has 0 bridgehead atoms. The molecule has 2 heteroatoms. The van der Waals surface area contributed by atoms with E-state index in [-0.39, 0.29) is 0 Å². The third kappa shape index (κ3) is 5.20. The van der Waals surface area contributed by atoms with Crippen LogP contribution < -0.4 is 0 Å². The van der Waals surface area contributed by atoms with E-state index in [1.807, 2.05) is 0 Å². The lowest BCUT2D eigenvalue weighted by Crippen LogP contribution is -1.89. The zero-order chi connectivity index (χ0) is 14.0. The molecule has 2 aromatic rings. The molecular weight excluding hydrogens is 246 g/mol. The minimum atomic E-state index is 1.01. The van der Waals surface area contributed by atoms with Gasteiger partial charge in [-0.25, -0.2) is 0 Å². The summed E-state index contributed by atoms with van der Waals surface area (Å²) in [6.45, 7) is 2.24. The van der Waals surface area contributed by atoms with E-state index in [4.69, 9.17) is 4.52 Å². The van der Waals surface area contributed by atoms with Crippen molar-refractivity contribution in [3.63, 3.8) is 0 Å². The highest BCUT2D eigenvalue weighted by atomic mass is 16.5. The number of benzene rings is 1. The van der Waals surface area contributed by atoms with Gasteiger partial charge in [0.1, 0.15) is 5.76 Å². The zero-order valence-electron chi connectivity index (χ0n) is 12.5.